The Morgan fingerprint density at radius 3 is 2.58 bits per heavy atom. The second kappa shape index (κ2) is 6.71. The number of para-hydroxylation sites is 1. The van der Waals surface area contributed by atoms with Gasteiger partial charge in [-0.3, -0.25) is 4.79 Å². The summed E-state index contributed by atoms with van der Waals surface area (Å²) in [4.78, 5) is 16.5. The van der Waals surface area contributed by atoms with E-state index < -0.39 is 0 Å². The Kier molecular flexibility index (Phi) is 4.30. The number of carbonyl (C=O) groups is 1. The quantitative estimate of drug-likeness (QED) is 0.595. The molecule has 1 N–H and O–H groups in total. The van der Waals surface area contributed by atoms with E-state index in [0.29, 0.717) is 17.0 Å². The Morgan fingerprint density at radius 1 is 1.08 bits per heavy atom. The van der Waals surface area contributed by atoms with Gasteiger partial charge in [0.25, 0.3) is 5.91 Å². The molecule has 24 heavy (non-hydrogen) atoms. The lowest BCUT2D eigenvalue weighted by Crippen LogP contribution is -2.20. The van der Waals surface area contributed by atoms with Gasteiger partial charge in [-0.15, -0.1) is 0 Å². The van der Waals surface area contributed by atoms with E-state index in [-0.39, 0.29) is 5.91 Å². The molecule has 0 atom stereocenters. The van der Waals surface area contributed by atoms with E-state index in [1.807, 2.05) is 30.3 Å². The maximum atomic E-state index is 12.2. The van der Waals surface area contributed by atoms with Crippen molar-refractivity contribution in [1.82, 2.24) is 10.4 Å². The molecule has 0 aliphatic rings. The molecular formula is C19H14N4O. The van der Waals surface area contributed by atoms with Crippen molar-refractivity contribution in [2.45, 2.75) is 6.92 Å². The van der Waals surface area contributed by atoms with E-state index in [4.69, 9.17) is 5.26 Å². The number of hydrogen-bond donors (Lipinski definition) is 1. The predicted octanol–water partition coefficient (Wildman–Crippen LogP) is 3.26. The molecule has 0 bridgehead atoms. The summed E-state index contributed by atoms with van der Waals surface area (Å²) >= 11 is 0. The minimum Gasteiger partial charge on any atom is -0.266 e. The normalized spacial score (nSPS) is 11.1. The van der Waals surface area contributed by atoms with Gasteiger partial charge in [0.1, 0.15) is 5.69 Å². The number of benzene rings is 2. The highest BCUT2D eigenvalue weighted by molar-refractivity contribution is 6.01. The number of nitrogens with one attached hydrogen (secondary N) is 1. The predicted molar refractivity (Wildman–Crippen MR) is 92.6 cm³/mol. The number of rotatable bonds is 3. The fourth-order valence-electron chi connectivity index (χ4n) is 2.23. The van der Waals surface area contributed by atoms with E-state index in [1.54, 1.807) is 37.3 Å². The number of hydrazone groups is 1. The standard InChI is InChI=1S/C19H14N4O/c1-13(15-8-6-14(12-20)7-9-15)22-23-19(24)18-11-10-16-4-2-3-5-17(16)21-18/h2-11H,1H3,(H,23,24)/b22-13+. The summed E-state index contributed by atoms with van der Waals surface area (Å²) in [6.07, 6.45) is 0. The van der Waals surface area contributed by atoms with Crippen LogP contribution < -0.4 is 5.43 Å². The van der Waals surface area contributed by atoms with E-state index in [1.165, 1.54) is 0 Å². The molecule has 5 nitrogen and oxygen atoms in total. The third kappa shape index (κ3) is 3.28. The second-order valence-electron chi connectivity index (χ2n) is 5.22. The fourth-order valence-corrected chi connectivity index (χ4v) is 2.23. The summed E-state index contributed by atoms with van der Waals surface area (Å²) in [5, 5.41) is 13.9. The lowest BCUT2D eigenvalue weighted by molar-refractivity contribution is 0.0950. The Bertz CT molecular complexity index is 969. The van der Waals surface area contributed by atoms with Crippen molar-refractivity contribution in [3.8, 4) is 6.07 Å². The van der Waals surface area contributed by atoms with Gasteiger partial charge in [0, 0.05) is 5.39 Å². The topological polar surface area (TPSA) is 78.1 Å². The third-order valence-electron chi connectivity index (χ3n) is 3.59. The molecule has 1 aromatic heterocycles. The number of nitriles is 1. The molecule has 3 aromatic rings. The molecule has 2 aromatic carbocycles. The van der Waals surface area contributed by atoms with Gasteiger partial charge in [-0.2, -0.15) is 10.4 Å². The highest BCUT2D eigenvalue weighted by Gasteiger charge is 2.07. The first-order chi connectivity index (χ1) is 11.7. The van der Waals surface area contributed by atoms with Crippen LogP contribution in [0.25, 0.3) is 10.9 Å². The summed E-state index contributed by atoms with van der Waals surface area (Å²) in [5.41, 5.74) is 5.64. The molecule has 1 amide bonds. The number of aromatic nitrogens is 1. The van der Waals surface area contributed by atoms with Crippen molar-refractivity contribution in [3.63, 3.8) is 0 Å². The molecule has 1 heterocycles. The van der Waals surface area contributed by atoms with Crippen molar-refractivity contribution in [2.75, 3.05) is 0 Å². The smallest absolute Gasteiger partial charge is 0.266 e. The lowest BCUT2D eigenvalue weighted by Gasteiger charge is -2.04. The molecule has 0 unspecified atom stereocenters. The molecule has 0 fully saturated rings. The number of amides is 1. The van der Waals surface area contributed by atoms with Gasteiger partial charge in [0.15, 0.2) is 0 Å². The minimum absolute atomic E-state index is 0.310. The molecule has 0 saturated carbocycles. The molecule has 116 valence electrons. The van der Waals surface area contributed by atoms with Crippen molar-refractivity contribution in [3.05, 3.63) is 77.5 Å². The lowest BCUT2D eigenvalue weighted by atomic mass is 10.1. The molecule has 0 aliphatic heterocycles. The zero-order valence-corrected chi connectivity index (χ0v) is 13.0. The highest BCUT2D eigenvalue weighted by atomic mass is 16.2. The van der Waals surface area contributed by atoms with E-state index in [0.717, 1.165) is 16.5 Å². The van der Waals surface area contributed by atoms with Gasteiger partial charge in [-0.25, -0.2) is 10.4 Å². The van der Waals surface area contributed by atoms with Crippen LogP contribution in [0.15, 0.2) is 65.8 Å². The molecule has 5 heteroatoms. The second-order valence-corrected chi connectivity index (χ2v) is 5.22. The molecule has 0 aliphatic carbocycles. The summed E-state index contributed by atoms with van der Waals surface area (Å²) < 4.78 is 0. The average Bonchev–Trinajstić information content (AvgIpc) is 2.65. The van der Waals surface area contributed by atoms with Gasteiger partial charge in [0.2, 0.25) is 0 Å². The van der Waals surface area contributed by atoms with Gasteiger partial charge < -0.3 is 0 Å². The van der Waals surface area contributed by atoms with E-state index in [9.17, 15) is 4.79 Å². The molecule has 0 spiro atoms. The molecule has 0 radical (unpaired) electrons. The van der Waals surface area contributed by atoms with Crippen LogP contribution in [0.3, 0.4) is 0 Å². The van der Waals surface area contributed by atoms with E-state index in [2.05, 4.69) is 21.6 Å². The van der Waals surface area contributed by atoms with Gasteiger partial charge >= 0.3 is 0 Å². The number of pyridine rings is 1. The van der Waals surface area contributed by atoms with Crippen LogP contribution in [-0.2, 0) is 0 Å². The average molecular weight is 314 g/mol. The van der Waals surface area contributed by atoms with Crippen molar-refractivity contribution in [2.24, 2.45) is 5.10 Å². The molecule has 3 rings (SSSR count). The summed E-state index contributed by atoms with van der Waals surface area (Å²) in [5.74, 6) is -0.367. The van der Waals surface area contributed by atoms with Gasteiger partial charge in [-0.1, -0.05) is 36.4 Å². The molecule has 0 saturated heterocycles. The maximum absolute atomic E-state index is 12.2. The number of carbonyl (C=O) groups excluding carboxylic acids is 1. The highest BCUT2D eigenvalue weighted by Crippen LogP contribution is 2.11. The number of hydrogen-bond acceptors (Lipinski definition) is 4. The van der Waals surface area contributed by atoms with Crippen LogP contribution in [0.2, 0.25) is 0 Å². The Balaban J connectivity index is 1.76. The van der Waals surface area contributed by atoms with Crippen LogP contribution in [0.5, 0.6) is 0 Å². The summed E-state index contributed by atoms with van der Waals surface area (Å²) in [6.45, 7) is 1.79. The van der Waals surface area contributed by atoms with Crippen molar-refractivity contribution in [1.29, 1.82) is 5.26 Å². The monoisotopic (exact) mass is 314 g/mol. The Morgan fingerprint density at radius 2 is 1.83 bits per heavy atom. The van der Waals surface area contributed by atoms with Crippen LogP contribution in [0.1, 0.15) is 28.5 Å². The van der Waals surface area contributed by atoms with Crippen LogP contribution in [-0.4, -0.2) is 16.6 Å². The Hall–Kier alpha value is -3.52. The summed E-state index contributed by atoms with van der Waals surface area (Å²) in [6, 6.07) is 20.2. The summed E-state index contributed by atoms with van der Waals surface area (Å²) in [7, 11) is 0. The fraction of sp³-hybridized carbons (Fsp3) is 0.0526. The first-order valence-electron chi connectivity index (χ1n) is 7.38. The van der Waals surface area contributed by atoms with Crippen LogP contribution in [0, 0.1) is 11.3 Å². The zero-order chi connectivity index (χ0) is 16.9. The van der Waals surface area contributed by atoms with Crippen molar-refractivity contribution >= 4 is 22.5 Å². The molecular weight excluding hydrogens is 300 g/mol. The zero-order valence-electron chi connectivity index (χ0n) is 13.0. The maximum Gasteiger partial charge on any atom is 0.289 e. The number of nitrogens with zero attached hydrogens (tertiary/aromatic N) is 3. The van der Waals surface area contributed by atoms with Crippen LogP contribution >= 0.6 is 0 Å². The van der Waals surface area contributed by atoms with E-state index >= 15 is 0 Å². The van der Waals surface area contributed by atoms with Gasteiger partial charge in [-0.05, 0) is 36.8 Å². The SMILES string of the molecule is C/C(=N\NC(=O)c1ccc2ccccc2n1)c1ccc(C#N)cc1. The number of fused-ring (bicyclic) bond motifs is 1. The Labute approximate surface area is 139 Å². The first kappa shape index (κ1) is 15.4. The van der Waals surface area contributed by atoms with Crippen LogP contribution in [0.4, 0.5) is 0 Å². The van der Waals surface area contributed by atoms with Gasteiger partial charge in [0.05, 0.1) is 22.9 Å². The first-order valence-corrected chi connectivity index (χ1v) is 7.38. The largest absolute Gasteiger partial charge is 0.289 e. The third-order valence-corrected chi connectivity index (χ3v) is 3.59. The van der Waals surface area contributed by atoms with Crippen molar-refractivity contribution < 1.29 is 4.79 Å². The minimum atomic E-state index is -0.367.